The maximum atomic E-state index is 12.4. The summed E-state index contributed by atoms with van der Waals surface area (Å²) in [7, 11) is 0. The highest BCUT2D eigenvalue weighted by molar-refractivity contribution is 5.85. The van der Waals surface area contributed by atoms with Gasteiger partial charge in [0.05, 0.1) is 6.04 Å². The molecular weight excluding hydrogens is 264 g/mol. The number of rotatable bonds is 2. The molecule has 2 fully saturated rings. The van der Waals surface area contributed by atoms with Crippen LogP contribution in [0.25, 0.3) is 0 Å². The number of amides is 1. The van der Waals surface area contributed by atoms with Gasteiger partial charge in [-0.3, -0.25) is 4.79 Å². The molecule has 1 atom stereocenters. The summed E-state index contributed by atoms with van der Waals surface area (Å²) in [6.45, 7) is 3.31. The van der Waals surface area contributed by atoms with Crippen LogP contribution >= 0.6 is 12.4 Å². The van der Waals surface area contributed by atoms with Gasteiger partial charge in [-0.05, 0) is 31.6 Å². The Kier molecular flexibility index (Phi) is 7.73. The Morgan fingerprint density at radius 3 is 2.16 bits per heavy atom. The molecule has 0 spiro atoms. The lowest BCUT2D eigenvalue weighted by Crippen LogP contribution is -2.49. The molecule has 2 N–H and O–H groups in total. The van der Waals surface area contributed by atoms with Crippen LogP contribution < -0.4 is 5.73 Å². The Morgan fingerprint density at radius 1 is 1.05 bits per heavy atom. The molecule has 0 aliphatic carbocycles. The van der Waals surface area contributed by atoms with Gasteiger partial charge in [0.2, 0.25) is 5.91 Å². The van der Waals surface area contributed by atoms with E-state index in [0.29, 0.717) is 5.92 Å². The van der Waals surface area contributed by atoms with E-state index in [2.05, 4.69) is 0 Å². The van der Waals surface area contributed by atoms with Gasteiger partial charge >= 0.3 is 0 Å². The van der Waals surface area contributed by atoms with E-state index in [1.807, 2.05) is 4.90 Å². The lowest BCUT2D eigenvalue weighted by molar-refractivity contribution is -0.135. The maximum absolute atomic E-state index is 12.4. The van der Waals surface area contributed by atoms with Crippen LogP contribution in [0, 0.1) is 5.92 Å². The molecule has 0 radical (unpaired) electrons. The first-order valence-corrected chi connectivity index (χ1v) is 7.41. The van der Waals surface area contributed by atoms with Crippen molar-refractivity contribution in [2.24, 2.45) is 11.7 Å². The van der Waals surface area contributed by atoms with Gasteiger partial charge < -0.3 is 15.4 Å². The van der Waals surface area contributed by atoms with E-state index in [-0.39, 0.29) is 24.4 Å². The fourth-order valence-corrected chi connectivity index (χ4v) is 2.96. The Bertz CT molecular complexity index is 258. The van der Waals surface area contributed by atoms with Gasteiger partial charge in [0, 0.05) is 26.3 Å². The molecule has 0 bridgehead atoms. The molecule has 0 saturated carbocycles. The fraction of sp³-hybridized carbons (Fsp3) is 0.929. The zero-order valence-electron chi connectivity index (χ0n) is 11.7. The summed E-state index contributed by atoms with van der Waals surface area (Å²) in [5.41, 5.74) is 6.17. The number of hydrogen-bond acceptors (Lipinski definition) is 3. The molecule has 0 aromatic rings. The minimum absolute atomic E-state index is 0. The number of nitrogens with two attached hydrogens (primary N) is 1. The molecule has 4 nitrogen and oxygen atoms in total. The SMILES string of the molecule is Cl.NC(C(=O)N1CCCCCCC1)C1CCOCC1. The average molecular weight is 291 g/mol. The van der Waals surface area contributed by atoms with E-state index in [1.165, 1.54) is 19.3 Å². The fourth-order valence-electron chi connectivity index (χ4n) is 2.96. The molecule has 2 saturated heterocycles. The molecule has 5 heteroatoms. The second kappa shape index (κ2) is 8.77. The van der Waals surface area contributed by atoms with Crippen LogP contribution in [0.3, 0.4) is 0 Å². The second-order valence-electron chi connectivity index (χ2n) is 5.57. The molecule has 2 aliphatic rings. The largest absolute Gasteiger partial charge is 0.381 e. The normalized spacial score (nSPS) is 23.9. The van der Waals surface area contributed by atoms with Crippen LogP contribution in [-0.2, 0) is 9.53 Å². The molecule has 2 heterocycles. The lowest BCUT2D eigenvalue weighted by atomic mass is 9.91. The van der Waals surface area contributed by atoms with Gasteiger partial charge in [0.15, 0.2) is 0 Å². The molecule has 0 aromatic carbocycles. The zero-order valence-corrected chi connectivity index (χ0v) is 12.5. The molecule has 1 amide bonds. The van der Waals surface area contributed by atoms with Gasteiger partial charge in [-0.15, -0.1) is 12.4 Å². The van der Waals surface area contributed by atoms with Crippen molar-refractivity contribution in [2.45, 2.75) is 51.0 Å². The van der Waals surface area contributed by atoms with Crippen LogP contribution in [0.15, 0.2) is 0 Å². The quantitative estimate of drug-likeness (QED) is 0.846. The molecule has 2 aliphatic heterocycles. The van der Waals surface area contributed by atoms with Gasteiger partial charge in [-0.25, -0.2) is 0 Å². The number of halogens is 1. The minimum Gasteiger partial charge on any atom is -0.381 e. The van der Waals surface area contributed by atoms with Crippen LogP contribution in [0.1, 0.15) is 44.9 Å². The van der Waals surface area contributed by atoms with E-state index in [1.54, 1.807) is 0 Å². The Labute approximate surface area is 122 Å². The van der Waals surface area contributed by atoms with Crippen LogP contribution in [-0.4, -0.2) is 43.2 Å². The molecule has 112 valence electrons. The first-order valence-electron chi connectivity index (χ1n) is 7.41. The van der Waals surface area contributed by atoms with Gasteiger partial charge in [0.1, 0.15) is 0 Å². The van der Waals surface area contributed by atoms with Crippen molar-refractivity contribution < 1.29 is 9.53 Å². The summed E-state index contributed by atoms with van der Waals surface area (Å²) >= 11 is 0. The molecule has 1 unspecified atom stereocenters. The summed E-state index contributed by atoms with van der Waals surface area (Å²) in [6.07, 6.45) is 7.93. The van der Waals surface area contributed by atoms with Crippen molar-refractivity contribution in [2.75, 3.05) is 26.3 Å². The Morgan fingerprint density at radius 2 is 1.58 bits per heavy atom. The van der Waals surface area contributed by atoms with Crippen molar-refractivity contribution in [1.82, 2.24) is 4.90 Å². The lowest BCUT2D eigenvalue weighted by Gasteiger charge is -2.32. The predicted molar refractivity (Wildman–Crippen MR) is 78.4 cm³/mol. The third kappa shape index (κ3) is 4.93. The third-order valence-corrected chi connectivity index (χ3v) is 4.23. The van der Waals surface area contributed by atoms with Crippen LogP contribution in [0.5, 0.6) is 0 Å². The number of ether oxygens (including phenoxy) is 1. The van der Waals surface area contributed by atoms with Crippen molar-refractivity contribution in [1.29, 1.82) is 0 Å². The van der Waals surface area contributed by atoms with Crippen molar-refractivity contribution in [3.63, 3.8) is 0 Å². The van der Waals surface area contributed by atoms with Crippen molar-refractivity contribution in [3.8, 4) is 0 Å². The molecule has 2 rings (SSSR count). The van der Waals surface area contributed by atoms with Crippen LogP contribution in [0.2, 0.25) is 0 Å². The van der Waals surface area contributed by atoms with E-state index in [9.17, 15) is 4.79 Å². The highest BCUT2D eigenvalue weighted by atomic mass is 35.5. The highest BCUT2D eigenvalue weighted by Crippen LogP contribution is 2.20. The van der Waals surface area contributed by atoms with E-state index < -0.39 is 0 Å². The highest BCUT2D eigenvalue weighted by Gasteiger charge is 2.29. The van der Waals surface area contributed by atoms with Gasteiger partial charge in [0.25, 0.3) is 0 Å². The maximum Gasteiger partial charge on any atom is 0.239 e. The third-order valence-electron chi connectivity index (χ3n) is 4.23. The molecular formula is C14H27ClN2O2. The summed E-state index contributed by atoms with van der Waals surface area (Å²) in [5, 5.41) is 0. The molecule has 0 aromatic heterocycles. The van der Waals surface area contributed by atoms with Gasteiger partial charge in [-0.2, -0.15) is 0 Å². The topological polar surface area (TPSA) is 55.6 Å². The number of hydrogen-bond donors (Lipinski definition) is 1. The number of nitrogens with zero attached hydrogens (tertiary/aromatic N) is 1. The molecule has 19 heavy (non-hydrogen) atoms. The average Bonchev–Trinajstić information content (AvgIpc) is 2.38. The van der Waals surface area contributed by atoms with Crippen LogP contribution in [0.4, 0.5) is 0 Å². The van der Waals surface area contributed by atoms with Crippen molar-refractivity contribution in [3.05, 3.63) is 0 Å². The number of carbonyl (C=O) groups excluding carboxylic acids is 1. The van der Waals surface area contributed by atoms with E-state index in [0.717, 1.165) is 52.0 Å². The number of likely N-dealkylation sites (tertiary alicyclic amines) is 1. The van der Waals surface area contributed by atoms with Gasteiger partial charge in [-0.1, -0.05) is 19.3 Å². The van der Waals surface area contributed by atoms with E-state index >= 15 is 0 Å². The summed E-state index contributed by atoms with van der Waals surface area (Å²) < 4.78 is 5.33. The smallest absolute Gasteiger partial charge is 0.239 e. The first kappa shape index (κ1) is 16.7. The van der Waals surface area contributed by atoms with Crippen molar-refractivity contribution >= 4 is 18.3 Å². The Balaban J connectivity index is 0.00000180. The summed E-state index contributed by atoms with van der Waals surface area (Å²) in [5.74, 6) is 0.487. The monoisotopic (exact) mass is 290 g/mol. The predicted octanol–water partition coefficient (Wildman–Crippen LogP) is 1.95. The second-order valence-corrected chi connectivity index (χ2v) is 5.57. The Hall–Kier alpha value is -0.320. The standard InChI is InChI=1S/C14H26N2O2.ClH/c15-13(12-6-10-18-11-7-12)14(17)16-8-4-2-1-3-5-9-16;/h12-13H,1-11,15H2;1H. The minimum atomic E-state index is -0.312. The zero-order chi connectivity index (χ0) is 12.8. The first-order chi connectivity index (χ1) is 8.79. The number of carbonyl (C=O) groups is 1. The van der Waals surface area contributed by atoms with E-state index in [4.69, 9.17) is 10.5 Å². The summed E-state index contributed by atoms with van der Waals surface area (Å²) in [6, 6.07) is -0.312. The summed E-state index contributed by atoms with van der Waals surface area (Å²) in [4.78, 5) is 14.4.